The minimum Gasteiger partial charge on any atom is -0.468 e. The molecular weight excluding hydrogens is 344 g/mol. The molecule has 0 saturated heterocycles. The van der Waals surface area contributed by atoms with Crippen LogP contribution >= 0.6 is 23.5 Å². The molecule has 0 radical (unpaired) electrons. The average molecular weight is 360 g/mol. The Kier molecular flexibility index (Phi) is 5.66. The Morgan fingerprint density at radius 2 is 2.17 bits per heavy atom. The summed E-state index contributed by atoms with van der Waals surface area (Å²) in [5.74, 6) is 1.96. The van der Waals surface area contributed by atoms with Gasteiger partial charge in [0.05, 0.1) is 22.6 Å². The van der Waals surface area contributed by atoms with E-state index in [2.05, 4.69) is 10.6 Å². The third-order valence-corrected chi connectivity index (χ3v) is 5.29. The van der Waals surface area contributed by atoms with Gasteiger partial charge >= 0.3 is 0 Å². The van der Waals surface area contributed by atoms with E-state index in [1.807, 2.05) is 36.4 Å². The Balaban J connectivity index is 1.45. The first-order valence-corrected chi connectivity index (χ1v) is 9.37. The van der Waals surface area contributed by atoms with E-state index in [-0.39, 0.29) is 11.8 Å². The highest BCUT2D eigenvalue weighted by Crippen LogP contribution is 2.37. The second-order valence-corrected chi connectivity index (χ2v) is 7.17. The number of anilines is 1. The van der Waals surface area contributed by atoms with Gasteiger partial charge in [0, 0.05) is 23.3 Å². The van der Waals surface area contributed by atoms with Crippen LogP contribution in [-0.2, 0) is 15.3 Å². The fourth-order valence-electron chi connectivity index (χ4n) is 2.09. The van der Waals surface area contributed by atoms with Gasteiger partial charge < -0.3 is 15.1 Å². The Morgan fingerprint density at radius 1 is 1.29 bits per heavy atom. The summed E-state index contributed by atoms with van der Waals surface area (Å²) in [6.45, 7) is 0.539. The van der Waals surface area contributed by atoms with E-state index in [1.54, 1.807) is 18.0 Å². The lowest BCUT2D eigenvalue weighted by molar-refractivity contribution is -0.117. The van der Waals surface area contributed by atoms with Gasteiger partial charge in [0.1, 0.15) is 5.76 Å². The number of carbonyl (C=O) groups excluding carboxylic acids is 2. The molecule has 0 atom stereocenters. The van der Waals surface area contributed by atoms with Gasteiger partial charge in [0.2, 0.25) is 5.91 Å². The van der Waals surface area contributed by atoms with Crippen LogP contribution in [0.2, 0.25) is 0 Å². The van der Waals surface area contributed by atoms with Crippen LogP contribution < -0.4 is 10.6 Å². The van der Waals surface area contributed by atoms with E-state index in [0.29, 0.717) is 11.4 Å². The van der Waals surface area contributed by atoms with Crippen LogP contribution in [-0.4, -0.2) is 24.1 Å². The van der Waals surface area contributed by atoms with E-state index in [9.17, 15) is 9.59 Å². The molecule has 2 amide bonds. The van der Waals surface area contributed by atoms with Crippen molar-refractivity contribution in [2.24, 2.45) is 0 Å². The molecule has 124 valence electrons. The Bertz CT molecular complexity index is 757. The molecule has 0 aliphatic carbocycles. The molecule has 7 heteroatoms. The van der Waals surface area contributed by atoms with Crippen LogP contribution in [0.4, 0.5) is 5.69 Å². The molecule has 0 unspecified atom stereocenters. The third-order valence-electron chi connectivity index (χ3n) is 3.21. The van der Waals surface area contributed by atoms with Gasteiger partial charge in [-0.25, -0.2) is 0 Å². The summed E-state index contributed by atoms with van der Waals surface area (Å²) in [7, 11) is 0. The predicted octanol–water partition coefficient (Wildman–Crippen LogP) is 3.26. The van der Waals surface area contributed by atoms with E-state index >= 15 is 0 Å². The molecule has 2 heterocycles. The second-order valence-electron chi connectivity index (χ2n) is 4.98. The maximum atomic E-state index is 12.0. The molecule has 1 aromatic carbocycles. The summed E-state index contributed by atoms with van der Waals surface area (Å²) < 4.78 is 5.24. The maximum Gasteiger partial charge on any atom is 0.262 e. The van der Waals surface area contributed by atoms with E-state index in [0.717, 1.165) is 27.8 Å². The van der Waals surface area contributed by atoms with Crippen LogP contribution in [0, 0.1) is 0 Å². The Morgan fingerprint density at radius 3 is 3.00 bits per heavy atom. The van der Waals surface area contributed by atoms with Crippen molar-refractivity contribution in [1.29, 1.82) is 0 Å². The first-order chi connectivity index (χ1) is 11.7. The smallest absolute Gasteiger partial charge is 0.262 e. The van der Waals surface area contributed by atoms with Crippen LogP contribution in [0.1, 0.15) is 5.76 Å². The van der Waals surface area contributed by atoms with Gasteiger partial charge in [-0.15, -0.1) is 0 Å². The van der Waals surface area contributed by atoms with Gasteiger partial charge in [-0.2, -0.15) is 11.8 Å². The van der Waals surface area contributed by atoms with Crippen molar-refractivity contribution in [3.05, 3.63) is 59.4 Å². The van der Waals surface area contributed by atoms with Gasteiger partial charge in [0.15, 0.2) is 0 Å². The van der Waals surface area contributed by atoms with Gasteiger partial charge in [-0.1, -0.05) is 23.9 Å². The highest BCUT2D eigenvalue weighted by atomic mass is 32.2. The number of hydrogen-bond donors (Lipinski definition) is 2. The fraction of sp³-hybridized carbons (Fsp3) is 0.176. The van der Waals surface area contributed by atoms with Crippen LogP contribution in [0.3, 0.4) is 0 Å². The van der Waals surface area contributed by atoms with Crippen molar-refractivity contribution >= 4 is 41.0 Å². The monoisotopic (exact) mass is 360 g/mol. The zero-order chi connectivity index (χ0) is 16.8. The zero-order valence-corrected chi connectivity index (χ0v) is 14.4. The molecule has 1 aliphatic rings. The lowest BCUT2D eigenvalue weighted by atomic mass is 10.3. The first kappa shape index (κ1) is 16.7. The number of furan rings is 1. The van der Waals surface area contributed by atoms with Crippen molar-refractivity contribution in [3.63, 3.8) is 0 Å². The number of rotatable bonds is 6. The minimum atomic E-state index is -0.259. The van der Waals surface area contributed by atoms with Crippen molar-refractivity contribution < 1.29 is 14.0 Å². The molecule has 0 saturated carbocycles. The highest BCUT2D eigenvalue weighted by Gasteiger charge is 2.21. The number of fused-ring (bicyclic) bond motifs is 1. The van der Waals surface area contributed by atoms with Crippen LogP contribution in [0.15, 0.2) is 63.0 Å². The largest absolute Gasteiger partial charge is 0.468 e. The molecule has 2 aromatic rings. The van der Waals surface area contributed by atoms with E-state index < -0.39 is 0 Å². The van der Waals surface area contributed by atoms with Crippen LogP contribution in [0.5, 0.6) is 0 Å². The third kappa shape index (κ3) is 4.46. The lowest BCUT2D eigenvalue weighted by Gasteiger charge is -2.17. The Hall–Kier alpha value is -2.12. The van der Waals surface area contributed by atoms with E-state index in [1.165, 1.54) is 17.8 Å². The summed E-state index contributed by atoms with van der Waals surface area (Å²) in [6.07, 6.45) is 3.00. The molecule has 24 heavy (non-hydrogen) atoms. The molecule has 3 rings (SSSR count). The zero-order valence-electron chi connectivity index (χ0n) is 12.8. The molecule has 0 fully saturated rings. The van der Waals surface area contributed by atoms with Crippen molar-refractivity contribution in [2.75, 3.05) is 17.6 Å². The molecule has 2 N–H and O–H groups in total. The van der Waals surface area contributed by atoms with Crippen molar-refractivity contribution in [2.45, 2.75) is 10.6 Å². The molecule has 1 aliphatic heterocycles. The topological polar surface area (TPSA) is 71.3 Å². The summed E-state index contributed by atoms with van der Waals surface area (Å²) >= 11 is 2.98. The molecule has 0 bridgehead atoms. The number of para-hydroxylation sites is 1. The lowest BCUT2D eigenvalue weighted by Crippen LogP contribution is -2.26. The van der Waals surface area contributed by atoms with E-state index in [4.69, 9.17) is 4.42 Å². The van der Waals surface area contributed by atoms with Gasteiger partial charge in [0.25, 0.3) is 5.91 Å². The SMILES string of the molecule is O=C(C=C1Sc2ccccc2NC1=O)NCCSCc1ccco1. The summed E-state index contributed by atoms with van der Waals surface area (Å²) in [5.41, 5.74) is 0.777. The predicted molar refractivity (Wildman–Crippen MR) is 96.9 cm³/mol. The number of hydrogen-bond acceptors (Lipinski definition) is 5. The number of nitrogens with one attached hydrogen (secondary N) is 2. The highest BCUT2D eigenvalue weighted by molar-refractivity contribution is 8.04. The van der Waals surface area contributed by atoms with Gasteiger partial charge in [-0.3, -0.25) is 9.59 Å². The fourth-order valence-corrected chi connectivity index (χ4v) is 3.77. The summed E-state index contributed by atoms with van der Waals surface area (Å²) in [4.78, 5) is 25.3. The standard InChI is InChI=1S/C17H16N2O3S2/c20-16(18-7-9-23-11-12-4-3-8-22-12)10-15-17(21)19-13-5-1-2-6-14(13)24-15/h1-6,8,10H,7,9,11H2,(H,18,20)(H,19,21). The normalized spacial score (nSPS) is 15.0. The quantitative estimate of drug-likeness (QED) is 0.611. The van der Waals surface area contributed by atoms with Crippen molar-refractivity contribution in [3.8, 4) is 0 Å². The first-order valence-electron chi connectivity index (χ1n) is 7.40. The van der Waals surface area contributed by atoms with Crippen molar-refractivity contribution in [1.82, 2.24) is 5.32 Å². The molecule has 0 spiro atoms. The minimum absolute atomic E-state index is 0.249. The molecule has 5 nitrogen and oxygen atoms in total. The summed E-state index contributed by atoms with van der Waals surface area (Å²) in [6, 6.07) is 11.3. The number of benzene rings is 1. The summed E-state index contributed by atoms with van der Waals surface area (Å²) in [5, 5.41) is 5.58. The molecular formula is C17H16N2O3S2. The number of thioether (sulfide) groups is 2. The van der Waals surface area contributed by atoms with Gasteiger partial charge in [-0.05, 0) is 24.3 Å². The average Bonchev–Trinajstić information content (AvgIpc) is 3.08. The number of carbonyl (C=O) groups is 2. The molecule has 1 aromatic heterocycles. The number of amides is 2. The Labute approximate surface area is 148 Å². The maximum absolute atomic E-state index is 12.0. The second kappa shape index (κ2) is 8.12. The van der Waals surface area contributed by atoms with Crippen LogP contribution in [0.25, 0.3) is 0 Å².